The number of likely N-dealkylation sites (N-methyl/N-ethyl adjacent to an activating group) is 2. The van der Waals surface area contributed by atoms with Crippen LogP contribution < -0.4 is 15.5 Å². The van der Waals surface area contributed by atoms with Crippen LogP contribution in [-0.2, 0) is 16.0 Å². The Kier molecular flexibility index (Phi) is 3.55. The molecule has 2 amide bonds. The molecule has 0 aromatic heterocycles. The Morgan fingerprint density at radius 3 is 2.89 bits per heavy atom. The standard InChI is InChI=1S/C13H17N3O3/c1-15(13(19)10(14)7-17)9-3-4-11-8(5-9)6-12(18)16(11)2/h3-5,10,17H,6-7,14H2,1-2H3. The van der Waals surface area contributed by atoms with Crippen LogP contribution in [0.1, 0.15) is 5.56 Å². The first-order valence-electron chi connectivity index (χ1n) is 5.99. The summed E-state index contributed by atoms with van der Waals surface area (Å²) in [6, 6.07) is 4.45. The number of nitrogens with two attached hydrogens (primary N) is 1. The van der Waals surface area contributed by atoms with Gasteiger partial charge in [0.25, 0.3) is 0 Å². The van der Waals surface area contributed by atoms with E-state index < -0.39 is 12.6 Å². The summed E-state index contributed by atoms with van der Waals surface area (Å²) in [4.78, 5) is 26.5. The van der Waals surface area contributed by atoms with Gasteiger partial charge in [0.15, 0.2) is 0 Å². The fourth-order valence-corrected chi connectivity index (χ4v) is 2.12. The Bertz CT molecular complexity index is 530. The zero-order valence-electron chi connectivity index (χ0n) is 11.0. The summed E-state index contributed by atoms with van der Waals surface area (Å²) in [5.74, 6) is -0.326. The predicted octanol–water partition coefficient (Wildman–Crippen LogP) is -0.512. The van der Waals surface area contributed by atoms with Crippen molar-refractivity contribution in [3.05, 3.63) is 23.8 Å². The number of anilines is 2. The van der Waals surface area contributed by atoms with Crippen LogP contribution >= 0.6 is 0 Å². The molecular formula is C13H17N3O3. The fourth-order valence-electron chi connectivity index (χ4n) is 2.12. The van der Waals surface area contributed by atoms with E-state index in [4.69, 9.17) is 10.8 Å². The summed E-state index contributed by atoms with van der Waals surface area (Å²) in [5, 5.41) is 8.90. The molecule has 1 aromatic carbocycles. The predicted molar refractivity (Wildman–Crippen MR) is 72.0 cm³/mol. The van der Waals surface area contributed by atoms with Gasteiger partial charge in [0.05, 0.1) is 13.0 Å². The van der Waals surface area contributed by atoms with Crippen LogP contribution in [0.3, 0.4) is 0 Å². The van der Waals surface area contributed by atoms with Crippen molar-refractivity contribution in [2.24, 2.45) is 5.73 Å². The van der Waals surface area contributed by atoms with E-state index in [2.05, 4.69) is 0 Å². The zero-order chi connectivity index (χ0) is 14.2. The summed E-state index contributed by atoms with van der Waals surface area (Å²) < 4.78 is 0. The van der Waals surface area contributed by atoms with Crippen molar-refractivity contribution in [2.45, 2.75) is 12.5 Å². The highest BCUT2D eigenvalue weighted by atomic mass is 16.3. The molecule has 1 atom stereocenters. The van der Waals surface area contributed by atoms with Crippen molar-refractivity contribution >= 4 is 23.2 Å². The number of carbonyl (C=O) groups is 2. The average molecular weight is 263 g/mol. The summed E-state index contributed by atoms with van der Waals surface area (Å²) in [5.41, 5.74) is 7.92. The average Bonchev–Trinajstić information content (AvgIpc) is 2.71. The van der Waals surface area contributed by atoms with Crippen molar-refractivity contribution < 1.29 is 14.7 Å². The van der Waals surface area contributed by atoms with Gasteiger partial charge in [-0.05, 0) is 23.8 Å². The Morgan fingerprint density at radius 2 is 2.26 bits per heavy atom. The molecule has 0 spiro atoms. The van der Waals surface area contributed by atoms with Gasteiger partial charge < -0.3 is 20.6 Å². The second-order valence-electron chi connectivity index (χ2n) is 4.63. The number of amides is 2. The molecule has 1 aliphatic rings. The molecule has 0 saturated heterocycles. The largest absolute Gasteiger partial charge is 0.394 e. The highest BCUT2D eigenvalue weighted by Crippen LogP contribution is 2.31. The second-order valence-corrected chi connectivity index (χ2v) is 4.63. The van der Waals surface area contributed by atoms with Gasteiger partial charge in [0.1, 0.15) is 6.04 Å². The van der Waals surface area contributed by atoms with Gasteiger partial charge in [-0.2, -0.15) is 0 Å². The van der Waals surface area contributed by atoms with Crippen LogP contribution in [0.25, 0.3) is 0 Å². The topological polar surface area (TPSA) is 86.9 Å². The quantitative estimate of drug-likeness (QED) is 0.769. The van der Waals surface area contributed by atoms with E-state index in [1.165, 1.54) is 4.90 Å². The third-order valence-electron chi connectivity index (χ3n) is 3.37. The fraction of sp³-hybridized carbons (Fsp3) is 0.385. The molecule has 6 nitrogen and oxygen atoms in total. The Hall–Kier alpha value is -1.92. The first-order chi connectivity index (χ1) is 8.95. The SMILES string of the molecule is CN(C(=O)C(N)CO)c1ccc2c(c1)CC(=O)N2C. The minimum absolute atomic E-state index is 0.0354. The van der Waals surface area contributed by atoms with E-state index in [1.807, 2.05) is 6.07 Å². The Balaban J connectivity index is 2.27. The van der Waals surface area contributed by atoms with E-state index in [-0.39, 0.29) is 11.8 Å². The molecule has 1 unspecified atom stereocenters. The van der Waals surface area contributed by atoms with Crippen LogP contribution in [0.4, 0.5) is 11.4 Å². The Labute approximate surface area is 111 Å². The van der Waals surface area contributed by atoms with E-state index in [0.717, 1.165) is 11.3 Å². The van der Waals surface area contributed by atoms with Gasteiger partial charge in [-0.1, -0.05) is 0 Å². The molecule has 3 N–H and O–H groups in total. The van der Waals surface area contributed by atoms with Crippen LogP contribution in [0.5, 0.6) is 0 Å². The highest BCUT2D eigenvalue weighted by Gasteiger charge is 2.25. The van der Waals surface area contributed by atoms with Gasteiger partial charge >= 0.3 is 0 Å². The van der Waals surface area contributed by atoms with Crippen molar-refractivity contribution in [1.29, 1.82) is 0 Å². The van der Waals surface area contributed by atoms with Crippen LogP contribution in [0.15, 0.2) is 18.2 Å². The molecule has 0 fully saturated rings. The van der Waals surface area contributed by atoms with Gasteiger partial charge in [-0.3, -0.25) is 9.59 Å². The first kappa shape index (κ1) is 13.5. The lowest BCUT2D eigenvalue weighted by atomic mass is 10.1. The summed E-state index contributed by atoms with van der Waals surface area (Å²) in [7, 11) is 3.32. The van der Waals surface area contributed by atoms with E-state index in [1.54, 1.807) is 31.1 Å². The molecule has 0 radical (unpaired) electrons. The molecule has 1 aromatic rings. The van der Waals surface area contributed by atoms with Crippen molar-refractivity contribution in [3.8, 4) is 0 Å². The van der Waals surface area contributed by atoms with Crippen molar-refractivity contribution in [1.82, 2.24) is 0 Å². The second kappa shape index (κ2) is 4.99. The minimum atomic E-state index is -0.928. The van der Waals surface area contributed by atoms with Crippen molar-refractivity contribution in [3.63, 3.8) is 0 Å². The summed E-state index contributed by atoms with van der Waals surface area (Å²) in [6.07, 6.45) is 0.341. The lowest BCUT2D eigenvalue weighted by Crippen LogP contribution is -2.44. The third kappa shape index (κ3) is 2.32. The maximum Gasteiger partial charge on any atom is 0.246 e. The lowest BCUT2D eigenvalue weighted by Gasteiger charge is -2.21. The smallest absolute Gasteiger partial charge is 0.246 e. The third-order valence-corrected chi connectivity index (χ3v) is 3.37. The number of rotatable bonds is 3. The Morgan fingerprint density at radius 1 is 1.58 bits per heavy atom. The molecule has 1 heterocycles. The van der Waals surface area contributed by atoms with Gasteiger partial charge in [-0.15, -0.1) is 0 Å². The summed E-state index contributed by atoms with van der Waals surface area (Å²) >= 11 is 0. The maximum atomic E-state index is 11.9. The van der Waals surface area contributed by atoms with E-state index in [9.17, 15) is 9.59 Å². The van der Waals surface area contributed by atoms with Gasteiger partial charge in [0, 0.05) is 25.5 Å². The van der Waals surface area contributed by atoms with Crippen LogP contribution in [0, 0.1) is 0 Å². The highest BCUT2D eigenvalue weighted by molar-refractivity contribution is 6.02. The van der Waals surface area contributed by atoms with Crippen LogP contribution in [-0.4, -0.2) is 43.7 Å². The molecule has 0 aliphatic carbocycles. The monoisotopic (exact) mass is 263 g/mol. The molecular weight excluding hydrogens is 246 g/mol. The normalized spacial score (nSPS) is 15.4. The molecule has 0 bridgehead atoms. The van der Waals surface area contributed by atoms with Crippen molar-refractivity contribution in [2.75, 3.05) is 30.5 Å². The number of aliphatic hydroxyl groups excluding tert-OH is 1. The number of nitrogens with zero attached hydrogens (tertiary/aromatic N) is 2. The number of hydrogen-bond donors (Lipinski definition) is 2. The molecule has 1 aliphatic heterocycles. The molecule has 102 valence electrons. The number of carbonyl (C=O) groups excluding carboxylic acids is 2. The van der Waals surface area contributed by atoms with E-state index >= 15 is 0 Å². The van der Waals surface area contributed by atoms with Gasteiger partial charge in [-0.25, -0.2) is 0 Å². The number of benzene rings is 1. The molecule has 6 heteroatoms. The van der Waals surface area contributed by atoms with Crippen LogP contribution in [0.2, 0.25) is 0 Å². The first-order valence-corrected chi connectivity index (χ1v) is 5.99. The number of fused-ring (bicyclic) bond motifs is 1. The van der Waals surface area contributed by atoms with Gasteiger partial charge in [0.2, 0.25) is 11.8 Å². The minimum Gasteiger partial charge on any atom is -0.394 e. The number of hydrogen-bond acceptors (Lipinski definition) is 4. The molecule has 0 saturated carbocycles. The number of aliphatic hydroxyl groups is 1. The molecule has 2 rings (SSSR count). The van der Waals surface area contributed by atoms with E-state index in [0.29, 0.717) is 12.1 Å². The molecule has 19 heavy (non-hydrogen) atoms. The lowest BCUT2D eigenvalue weighted by molar-refractivity contribution is -0.120. The zero-order valence-corrected chi connectivity index (χ0v) is 11.0. The maximum absolute atomic E-state index is 11.9. The summed E-state index contributed by atoms with van der Waals surface area (Å²) in [6.45, 7) is -0.394.